The normalized spacial score (nSPS) is 10.4. The molecule has 0 aliphatic rings. The fourth-order valence-corrected chi connectivity index (χ4v) is 2.55. The monoisotopic (exact) mass is 293 g/mol. The molecule has 0 bridgehead atoms. The largest absolute Gasteiger partial charge is 0.355 e. The molecule has 0 aliphatic carbocycles. The number of aromatic amines is 2. The van der Waals surface area contributed by atoms with E-state index >= 15 is 0 Å². The van der Waals surface area contributed by atoms with Crippen LogP contribution in [0.1, 0.15) is 16.1 Å². The molecule has 3 N–H and O–H groups in total. The Labute approximate surface area is 118 Å². The van der Waals surface area contributed by atoms with E-state index in [0.717, 1.165) is 6.42 Å². The number of aromatic nitrogens is 2. The number of nitrogens with one attached hydrogen (secondary N) is 3. The molecule has 0 unspecified atom stereocenters. The lowest BCUT2D eigenvalue weighted by Gasteiger charge is -2.05. The van der Waals surface area contributed by atoms with Gasteiger partial charge in [0.25, 0.3) is 5.56 Å². The van der Waals surface area contributed by atoms with Crippen molar-refractivity contribution >= 4 is 17.2 Å². The Morgan fingerprint density at radius 2 is 2.15 bits per heavy atom. The van der Waals surface area contributed by atoms with E-state index in [4.69, 9.17) is 0 Å². The summed E-state index contributed by atoms with van der Waals surface area (Å²) in [6.45, 7) is 2.13. The second-order valence-electron chi connectivity index (χ2n) is 4.37. The molecular weight excluding hydrogens is 278 g/mol. The van der Waals surface area contributed by atoms with Crippen LogP contribution in [0.3, 0.4) is 0 Å². The maximum atomic E-state index is 11.8. The molecule has 0 saturated heterocycles. The van der Waals surface area contributed by atoms with Crippen molar-refractivity contribution in [1.29, 1.82) is 0 Å². The van der Waals surface area contributed by atoms with Crippen molar-refractivity contribution in [2.75, 3.05) is 6.54 Å². The Hall–Kier alpha value is -2.15. The molecule has 0 saturated carbocycles. The van der Waals surface area contributed by atoms with Gasteiger partial charge in [0.2, 0.25) is 5.91 Å². The van der Waals surface area contributed by atoms with Crippen LogP contribution in [0, 0.1) is 6.92 Å². The molecule has 2 heterocycles. The summed E-state index contributed by atoms with van der Waals surface area (Å²) < 4.78 is 0. The van der Waals surface area contributed by atoms with Gasteiger partial charge >= 0.3 is 5.69 Å². The molecule has 0 fully saturated rings. The summed E-state index contributed by atoms with van der Waals surface area (Å²) >= 11 is 1.64. The highest BCUT2D eigenvalue weighted by Gasteiger charge is 2.10. The van der Waals surface area contributed by atoms with Gasteiger partial charge in [-0.25, -0.2) is 4.79 Å². The van der Waals surface area contributed by atoms with Crippen molar-refractivity contribution < 1.29 is 4.79 Å². The van der Waals surface area contributed by atoms with E-state index in [9.17, 15) is 14.4 Å². The van der Waals surface area contributed by atoms with Gasteiger partial charge in [-0.05, 0) is 24.8 Å². The van der Waals surface area contributed by atoms with Crippen LogP contribution >= 0.6 is 11.3 Å². The third kappa shape index (κ3) is 3.67. The van der Waals surface area contributed by atoms with Gasteiger partial charge in [0.15, 0.2) is 0 Å². The van der Waals surface area contributed by atoms with Crippen LogP contribution in [0.5, 0.6) is 0 Å². The molecule has 1 amide bonds. The van der Waals surface area contributed by atoms with E-state index in [1.54, 1.807) is 18.3 Å². The maximum absolute atomic E-state index is 11.8. The molecule has 0 aliphatic heterocycles. The molecule has 20 heavy (non-hydrogen) atoms. The minimum atomic E-state index is -0.561. The lowest BCUT2D eigenvalue weighted by Crippen LogP contribution is -2.33. The number of thiophene rings is 1. The summed E-state index contributed by atoms with van der Waals surface area (Å²) in [5, 5.41) is 4.75. The smallest absolute Gasteiger partial charge is 0.325 e. The summed E-state index contributed by atoms with van der Waals surface area (Å²) in [4.78, 5) is 40.2. The average Bonchev–Trinajstić information content (AvgIpc) is 2.87. The third-order valence-corrected chi connectivity index (χ3v) is 3.80. The number of rotatable bonds is 5. The Morgan fingerprint density at radius 3 is 2.80 bits per heavy atom. The van der Waals surface area contributed by atoms with Crippen LogP contribution in [-0.2, 0) is 17.6 Å². The molecule has 2 aromatic rings. The highest BCUT2D eigenvalue weighted by Crippen LogP contribution is 2.08. The second kappa shape index (κ2) is 6.33. The minimum Gasteiger partial charge on any atom is -0.355 e. The van der Waals surface area contributed by atoms with Gasteiger partial charge in [-0.2, -0.15) is 0 Å². The zero-order chi connectivity index (χ0) is 14.5. The summed E-state index contributed by atoms with van der Waals surface area (Å²) in [7, 11) is 0. The van der Waals surface area contributed by atoms with Crippen molar-refractivity contribution in [3.05, 3.63) is 54.5 Å². The Bertz CT molecular complexity index is 700. The fourth-order valence-electron chi connectivity index (χ4n) is 1.84. The molecule has 2 rings (SSSR count). The molecular formula is C13H15N3O3S. The average molecular weight is 293 g/mol. The van der Waals surface area contributed by atoms with Crippen LogP contribution in [0.4, 0.5) is 0 Å². The van der Waals surface area contributed by atoms with Crippen molar-refractivity contribution in [1.82, 2.24) is 15.3 Å². The van der Waals surface area contributed by atoms with Crippen LogP contribution in [-0.4, -0.2) is 22.4 Å². The minimum absolute atomic E-state index is 0.0393. The first kappa shape index (κ1) is 14.3. The predicted octanol–water partition coefficient (Wildman–Crippen LogP) is 0.335. The van der Waals surface area contributed by atoms with Crippen molar-refractivity contribution in [3.8, 4) is 0 Å². The van der Waals surface area contributed by atoms with Gasteiger partial charge in [0, 0.05) is 22.7 Å². The second-order valence-corrected chi connectivity index (χ2v) is 5.40. The Morgan fingerprint density at radius 1 is 1.35 bits per heavy atom. The van der Waals surface area contributed by atoms with Crippen molar-refractivity contribution in [3.63, 3.8) is 0 Å². The lowest BCUT2D eigenvalue weighted by atomic mass is 10.1. The van der Waals surface area contributed by atoms with E-state index in [1.807, 2.05) is 17.5 Å². The van der Waals surface area contributed by atoms with E-state index in [0.29, 0.717) is 17.8 Å². The van der Waals surface area contributed by atoms with Gasteiger partial charge in [0.05, 0.1) is 6.42 Å². The zero-order valence-electron chi connectivity index (χ0n) is 11.0. The summed E-state index contributed by atoms with van der Waals surface area (Å²) in [5.41, 5.74) is -0.362. The van der Waals surface area contributed by atoms with Gasteiger partial charge in [-0.3, -0.25) is 14.6 Å². The van der Waals surface area contributed by atoms with Crippen LogP contribution in [0.15, 0.2) is 27.1 Å². The third-order valence-electron chi connectivity index (χ3n) is 2.87. The van der Waals surface area contributed by atoms with E-state index < -0.39 is 11.2 Å². The Kier molecular flexibility index (Phi) is 4.52. The van der Waals surface area contributed by atoms with Gasteiger partial charge < -0.3 is 10.3 Å². The number of aryl methyl sites for hydroxylation is 1. The molecule has 6 nitrogen and oxygen atoms in total. The van der Waals surface area contributed by atoms with E-state index in [2.05, 4.69) is 15.3 Å². The quantitative estimate of drug-likeness (QED) is 0.741. The first-order valence-corrected chi connectivity index (χ1v) is 7.05. The van der Waals surface area contributed by atoms with Crippen molar-refractivity contribution in [2.24, 2.45) is 0 Å². The highest BCUT2D eigenvalue weighted by molar-refractivity contribution is 7.09. The van der Waals surface area contributed by atoms with Gasteiger partial charge in [0.1, 0.15) is 0 Å². The van der Waals surface area contributed by atoms with Gasteiger partial charge in [-0.1, -0.05) is 6.07 Å². The molecule has 0 aromatic carbocycles. The number of carbonyl (C=O) groups excluding carboxylic acids is 1. The summed E-state index contributed by atoms with van der Waals surface area (Å²) in [6, 6.07) is 3.97. The fraction of sp³-hybridized carbons (Fsp3) is 0.308. The Balaban J connectivity index is 1.92. The standard InChI is InChI=1S/C13H15N3O3S/c1-8-10(12(18)16-13(19)15-8)7-11(17)14-5-4-9-3-2-6-20-9/h2-3,6H,4-5,7H2,1H3,(H,14,17)(H2,15,16,18,19). The summed E-state index contributed by atoms with van der Waals surface area (Å²) in [6.07, 6.45) is 0.729. The zero-order valence-corrected chi connectivity index (χ0v) is 11.8. The highest BCUT2D eigenvalue weighted by atomic mass is 32.1. The van der Waals surface area contributed by atoms with E-state index in [1.165, 1.54) is 4.88 Å². The number of amides is 1. The summed E-state index contributed by atoms with van der Waals surface area (Å²) in [5.74, 6) is -0.234. The number of H-pyrrole nitrogens is 2. The predicted molar refractivity (Wildman–Crippen MR) is 77.2 cm³/mol. The van der Waals surface area contributed by atoms with Crippen LogP contribution < -0.4 is 16.6 Å². The number of hydrogen-bond donors (Lipinski definition) is 3. The lowest BCUT2D eigenvalue weighted by molar-refractivity contribution is -0.120. The topological polar surface area (TPSA) is 94.8 Å². The molecule has 106 valence electrons. The molecule has 0 atom stereocenters. The van der Waals surface area contributed by atoms with Crippen LogP contribution in [0.25, 0.3) is 0 Å². The number of carbonyl (C=O) groups is 1. The maximum Gasteiger partial charge on any atom is 0.325 e. The molecule has 2 aromatic heterocycles. The molecule has 0 radical (unpaired) electrons. The van der Waals surface area contributed by atoms with Crippen LogP contribution in [0.2, 0.25) is 0 Å². The first-order valence-electron chi connectivity index (χ1n) is 6.17. The first-order chi connectivity index (χ1) is 9.56. The number of hydrogen-bond acceptors (Lipinski definition) is 4. The SMILES string of the molecule is Cc1[nH]c(=O)[nH]c(=O)c1CC(=O)NCCc1cccs1. The van der Waals surface area contributed by atoms with Gasteiger partial charge in [-0.15, -0.1) is 11.3 Å². The molecule has 7 heteroatoms. The van der Waals surface area contributed by atoms with Crippen molar-refractivity contribution in [2.45, 2.75) is 19.8 Å². The molecule has 0 spiro atoms. The van der Waals surface area contributed by atoms with E-state index in [-0.39, 0.29) is 12.3 Å².